The van der Waals surface area contributed by atoms with Crippen LogP contribution in [0.25, 0.3) is 0 Å². The molecule has 1 aromatic rings. The third-order valence-electron chi connectivity index (χ3n) is 5.50. The number of nitrogens with two attached hydrogens (primary N) is 1. The lowest BCUT2D eigenvalue weighted by atomic mass is 9.81. The Labute approximate surface area is 155 Å². The van der Waals surface area contributed by atoms with Gasteiger partial charge >= 0.3 is 0 Å². The molecule has 1 heterocycles. The quantitative estimate of drug-likeness (QED) is 0.842. The van der Waals surface area contributed by atoms with Gasteiger partial charge in [0, 0.05) is 24.2 Å². The van der Waals surface area contributed by atoms with E-state index in [4.69, 9.17) is 22.1 Å². The summed E-state index contributed by atoms with van der Waals surface area (Å²) in [4.78, 5) is 0.158. The lowest BCUT2D eigenvalue weighted by Gasteiger charge is -2.41. The fraction of sp³-hybridized carbons (Fsp3) is 0.667. The van der Waals surface area contributed by atoms with E-state index in [9.17, 15) is 8.42 Å². The molecule has 7 heteroatoms. The highest BCUT2D eigenvalue weighted by Gasteiger charge is 2.39. The van der Waals surface area contributed by atoms with Gasteiger partial charge in [0.2, 0.25) is 10.0 Å². The van der Waals surface area contributed by atoms with Gasteiger partial charge in [0.25, 0.3) is 0 Å². The summed E-state index contributed by atoms with van der Waals surface area (Å²) in [6.07, 6.45) is 4.16. The fourth-order valence-corrected chi connectivity index (χ4v) is 5.36. The zero-order valence-electron chi connectivity index (χ0n) is 14.9. The molecule has 1 saturated heterocycles. The number of hydrogen-bond acceptors (Lipinski definition) is 4. The van der Waals surface area contributed by atoms with Gasteiger partial charge in [-0.1, -0.05) is 31.9 Å². The summed E-state index contributed by atoms with van der Waals surface area (Å²) in [7, 11) is -3.68. The van der Waals surface area contributed by atoms with Crippen LogP contribution in [0.1, 0.15) is 39.5 Å². The molecule has 0 amide bonds. The topological polar surface area (TPSA) is 72.6 Å². The van der Waals surface area contributed by atoms with Gasteiger partial charge in [0.1, 0.15) is 10.6 Å². The number of nitrogens with zero attached hydrogens (tertiary/aromatic N) is 1. The van der Waals surface area contributed by atoms with Gasteiger partial charge in [-0.05, 0) is 48.8 Å². The highest BCUT2D eigenvalue weighted by molar-refractivity contribution is 7.89. The van der Waals surface area contributed by atoms with Gasteiger partial charge in [0.05, 0.1) is 6.61 Å². The average molecular weight is 387 g/mol. The van der Waals surface area contributed by atoms with E-state index in [1.54, 1.807) is 12.1 Å². The van der Waals surface area contributed by atoms with Crippen molar-refractivity contribution >= 4 is 21.6 Å². The maximum absolute atomic E-state index is 13.2. The van der Waals surface area contributed by atoms with Gasteiger partial charge in [-0.3, -0.25) is 0 Å². The first-order chi connectivity index (χ1) is 11.7. The summed E-state index contributed by atoms with van der Waals surface area (Å²) in [6.45, 7) is 5.38. The van der Waals surface area contributed by atoms with Crippen LogP contribution in [0.4, 0.5) is 0 Å². The highest BCUT2D eigenvalue weighted by Crippen LogP contribution is 2.36. The van der Waals surface area contributed by atoms with E-state index >= 15 is 0 Å². The van der Waals surface area contributed by atoms with Crippen LogP contribution in [0, 0.1) is 11.3 Å². The van der Waals surface area contributed by atoms with Gasteiger partial charge in [-0.25, -0.2) is 8.42 Å². The molecule has 5 nitrogen and oxygen atoms in total. The zero-order valence-corrected chi connectivity index (χ0v) is 16.4. The van der Waals surface area contributed by atoms with E-state index < -0.39 is 10.0 Å². The van der Waals surface area contributed by atoms with Crippen LogP contribution in [-0.4, -0.2) is 38.5 Å². The second kappa shape index (κ2) is 7.06. The van der Waals surface area contributed by atoms with E-state index in [-0.39, 0.29) is 16.4 Å². The number of benzene rings is 1. The second-order valence-electron chi connectivity index (χ2n) is 7.92. The smallest absolute Gasteiger partial charge is 0.246 e. The Bertz CT molecular complexity index is 732. The van der Waals surface area contributed by atoms with Crippen LogP contribution in [0.2, 0.25) is 5.02 Å². The number of halogens is 1. The van der Waals surface area contributed by atoms with Crippen molar-refractivity contribution < 1.29 is 13.2 Å². The molecule has 0 spiro atoms. The van der Waals surface area contributed by atoms with Crippen LogP contribution < -0.4 is 10.5 Å². The van der Waals surface area contributed by atoms with Crippen LogP contribution in [0.5, 0.6) is 5.75 Å². The van der Waals surface area contributed by atoms with Crippen molar-refractivity contribution in [2.75, 3.05) is 19.7 Å². The summed E-state index contributed by atoms with van der Waals surface area (Å²) in [5.41, 5.74) is 5.88. The largest absolute Gasteiger partial charge is 0.492 e. The normalized spacial score (nSPS) is 24.7. The first-order valence-electron chi connectivity index (χ1n) is 8.88. The fourth-order valence-electron chi connectivity index (χ4n) is 3.34. The average Bonchev–Trinajstić information content (AvgIpc) is 2.49. The molecular formula is C18H27ClN2O3S. The Kier molecular flexibility index (Phi) is 5.36. The van der Waals surface area contributed by atoms with Crippen molar-refractivity contribution in [2.24, 2.45) is 17.1 Å². The number of sulfonamides is 1. The summed E-state index contributed by atoms with van der Waals surface area (Å²) in [6, 6.07) is 4.82. The molecule has 140 valence electrons. The lowest BCUT2D eigenvalue weighted by Crippen LogP contribution is -2.53. The summed E-state index contributed by atoms with van der Waals surface area (Å²) < 4.78 is 33.8. The third kappa shape index (κ3) is 3.97. The Hall–Kier alpha value is -0.820. The molecular weight excluding hydrogens is 360 g/mol. The number of rotatable bonds is 5. The molecule has 0 bridgehead atoms. The van der Waals surface area contributed by atoms with Crippen molar-refractivity contribution in [1.29, 1.82) is 0 Å². The van der Waals surface area contributed by atoms with Crippen molar-refractivity contribution in [1.82, 2.24) is 4.31 Å². The molecule has 2 N–H and O–H groups in total. The molecule has 2 aliphatic rings. The number of ether oxygens (including phenoxy) is 1. The minimum absolute atomic E-state index is 0.00681. The number of hydrogen-bond donors (Lipinski definition) is 1. The molecule has 1 aliphatic carbocycles. The van der Waals surface area contributed by atoms with E-state index in [1.807, 2.05) is 13.8 Å². The van der Waals surface area contributed by atoms with Crippen LogP contribution in [-0.2, 0) is 10.0 Å². The van der Waals surface area contributed by atoms with Gasteiger partial charge in [-0.2, -0.15) is 4.31 Å². The van der Waals surface area contributed by atoms with Gasteiger partial charge in [-0.15, -0.1) is 0 Å². The van der Waals surface area contributed by atoms with Crippen molar-refractivity contribution in [3.05, 3.63) is 23.2 Å². The lowest BCUT2D eigenvalue weighted by molar-refractivity contribution is 0.154. The summed E-state index contributed by atoms with van der Waals surface area (Å²) in [5, 5.41) is 0.391. The monoisotopic (exact) mass is 386 g/mol. The van der Waals surface area contributed by atoms with Gasteiger partial charge in [0.15, 0.2) is 0 Å². The standard InChI is InChI=1S/C18H27ClN2O3S/c1-18(2)12-21(9-8-17(18)20)25(22,23)16-10-14(19)6-7-15(16)24-11-13-4-3-5-13/h6-7,10,13,17H,3-5,8-9,11-12,20H2,1-2H3. The van der Waals surface area contributed by atoms with Crippen LogP contribution in [0.3, 0.4) is 0 Å². The molecule has 0 radical (unpaired) electrons. The van der Waals surface area contributed by atoms with E-state index in [0.29, 0.717) is 42.8 Å². The molecule has 1 aromatic carbocycles. The van der Waals surface area contributed by atoms with Crippen molar-refractivity contribution in [3.8, 4) is 5.75 Å². The van der Waals surface area contributed by atoms with E-state index in [2.05, 4.69) is 0 Å². The zero-order chi connectivity index (χ0) is 18.2. The first-order valence-corrected chi connectivity index (χ1v) is 10.7. The van der Waals surface area contributed by atoms with E-state index in [0.717, 1.165) is 12.8 Å². The van der Waals surface area contributed by atoms with Crippen molar-refractivity contribution in [2.45, 2.75) is 50.5 Å². The third-order valence-corrected chi connectivity index (χ3v) is 7.60. The van der Waals surface area contributed by atoms with Gasteiger partial charge < -0.3 is 10.5 Å². The van der Waals surface area contributed by atoms with Crippen LogP contribution in [0.15, 0.2) is 23.1 Å². The van der Waals surface area contributed by atoms with E-state index in [1.165, 1.54) is 16.8 Å². The Morgan fingerprint density at radius 2 is 2.04 bits per heavy atom. The SMILES string of the molecule is CC1(C)CN(S(=O)(=O)c2cc(Cl)ccc2OCC2CCC2)CCC1N. The van der Waals surface area contributed by atoms with Crippen molar-refractivity contribution in [3.63, 3.8) is 0 Å². The molecule has 1 saturated carbocycles. The molecule has 1 aliphatic heterocycles. The maximum atomic E-state index is 13.2. The summed E-state index contributed by atoms with van der Waals surface area (Å²) in [5.74, 6) is 0.919. The molecule has 2 fully saturated rings. The minimum Gasteiger partial charge on any atom is -0.492 e. The molecule has 1 unspecified atom stereocenters. The minimum atomic E-state index is -3.68. The Balaban J connectivity index is 1.86. The maximum Gasteiger partial charge on any atom is 0.246 e. The Morgan fingerprint density at radius 3 is 2.64 bits per heavy atom. The highest BCUT2D eigenvalue weighted by atomic mass is 35.5. The first kappa shape index (κ1) is 19.0. The molecule has 1 atom stereocenters. The predicted molar refractivity (Wildman–Crippen MR) is 99.4 cm³/mol. The molecule has 3 rings (SSSR count). The summed E-state index contributed by atoms with van der Waals surface area (Å²) >= 11 is 6.08. The molecule has 0 aromatic heterocycles. The van der Waals surface area contributed by atoms with Crippen LogP contribution >= 0.6 is 11.6 Å². The molecule has 25 heavy (non-hydrogen) atoms. The Morgan fingerprint density at radius 1 is 1.32 bits per heavy atom. The predicted octanol–water partition coefficient (Wildman–Crippen LogP) is 3.27. The second-order valence-corrected chi connectivity index (χ2v) is 10.3. The number of piperidine rings is 1.